The van der Waals surface area contributed by atoms with E-state index in [4.69, 9.17) is 0 Å². The molecule has 7 nitrogen and oxygen atoms in total. The number of urea groups is 1. The van der Waals surface area contributed by atoms with Crippen LogP contribution in [0.15, 0.2) is 77.3 Å². The van der Waals surface area contributed by atoms with Crippen LogP contribution in [0.2, 0.25) is 0 Å². The van der Waals surface area contributed by atoms with Crippen molar-refractivity contribution in [2.45, 2.75) is 24.8 Å². The van der Waals surface area contributed by atoms with Crippen molar-refractivity contribution in [1.29, 1.82) is 0 Å². The number of rotatable bonds is 5. The summed E-state index contributed by atoms with van der Waals surface area (Å²) in [6, 6.07) is 18.2. The maximum absolute atomic E-state index is 12.8. The number of halogens is 4. The zero-order valence-electron chi connectivity index (χ0n) is 19.4. The molecule has 1 saturated heterocycles. The summed E-state index contributed by atoms with van der Waals surface area (Å²) in [6.45, 7) is 0.728. The molecule has 3 aromatic carbocycles. The summed E-state index contributed by atoms with van der Waals surface area (Å²) in [6.07, 6.45) is -4.03. The molecule has 0 bridgehead atoms. The first-order chi connectivity index (χ1) is 17.5. The lowest BCUT2D eigenvalue weighted by atomic mass is 9.84. The fourth-order valence-corrected chi connectivity index (χ4v) is 4.28. The Morgan fingerprint density at radius 3 is 2.11 bits per heavy atom. The molecule has 1 aliphatic rings. The molecular formula is C26H23BrF3N3O4. The van der Waals surface area contributed by atoms with E-state index in [9.17, 15) is 27.9 Å². The molecule has 11 heteroatoms. The van der Waals surface area contributed by atoms with Gasteiger partial charge in [0.05, 0.1) is 5.60 Å². The van der Waals surface area contributed by atoms with Gasteiger partial charge in [0.25, 0.3) is 5.91 Å². The second-order valence-electron chi connectivity index (χ2n) is 8.56. The maximum Gasteiger partial charge on any atom is 0.573 e. The Hall–Kier alpha value is -3.57. The number of aliphatic hydroxyl groups is 1. The smallest absolute Gasteiger partial charge is 0.406 e. The van der Waals surface area contributed by atoms with Gasteiger partial charge in [0, 0.05) is 34.5 Å². The van der Waals surface area contributed by atoms with E-state index in [-0.39, 0.29) is 11.6 Å². The summed E-state index contributed by atoms with van der Waals surface area (Å²) < 4.78 is 41.6. The highest BCUT2D eigenvalue weighted by Crippen LogP contribution is 2.33. The van der Waals surface area contributed by atoms with Crippen LogP contribution in [0.25, 0.3) is 0 Å². The highest BCUT2D eigenvalue weighted by Gasteiger charge is 2.35. The van der Waals surface area contributed by atoms with Crippen LogP contribution in [0.4, 0.5) is 29.3 Å². The number of ether oxygens (including phenoxy) is 1. The van der Waals surface area contributed by atoms with Gasteiger partial charge in [0.2, 0.25) is 0 Å². The van der Waals surface area contributed by atoms with Gasteiger partial charge in [-0.3, -0.25) is 4.79 Å². The molecule has 4 rings (SSSR count). The molecule has 3 N–H and O–H groups in total. The monoisotopic (exact) mass is 577 g/mol. The number of benzene rings is 3. The quantitative estimate of drug-likeness (QED) is 0.341. The molecule has 0 saturated carbocycles. The van der Waals surface area contributed by atoms with Gasteiger partial charge < -0.3 is 25.4 Å². The van der Waals surface area contributed by atoms with E-state index in [1.165, 1.54) is 12.1 Å². The first-order valence-electron chi connectivity index (χ1n) is 11.3. The number of likely N-dealkylation sites (tertiary alicyclic amines) is 1. The van der Waals surface area contributed by atoms with Crippen molar-refractivity contribution in [2.75, 3.05) is 23.7 Å². The Kier molecular flexibility index (Phi) is 7.74. The number of hydrogen-bond donors (Lipinski definition) is 3. The Bertz CT molecular complexity index is 1260. The largest absolute Gasteiger partial charge is 0.573 e. The summed E-state index contributed by atoms with van der Waals surface area (Å²) in [7, 11) is 0. The minimum absolute atomic E-state index is 0.135. The van der Waals surface area contributed by atoms with Gasteiger partial charge in [-0.2, -0.15) is 0 Å². The summed E-state index contributed by atoms with van der Waals surface area (Å²) in [5.74, 6) is -0.966. The van der Waals surface area contributed by atoms with E-state index in [1.54, 1.807) is 29.2 Å². The summed E-state index contributed by atoms with van der Waals surface area (Å²) in [5, 5.41) is 16.5. The number of anilines is 2. The number of hydrogen-bond acceptors (Lipinski definition) is 4. The van der Waals surface area contributed by atoms with E-state index in [2.05, 4.69) is 31.3 Å². The van der Waals surface area contributed by atoms with Crippen molar-refractivity contribution in [3.05, 3.63) is 88.4 Å². The normalized spacial score (nSPS) is 15.1. The number of carbonyl (C=O) groups is 2. The molecule has 0 atom stereocenters. The molecule has 194 valence electrons. The topological polar surface area (TPSA) is 90.9 Å². The highest BCUT2D eigenvalue weighted by molar-refractivity contribution is 9.10. The second kappa shape index (κ2) is 10.8. The Morgan fingerprint density at radius 2 is 1.51 bits per heavy atom. The molecule has 0 aliphatic carbocycles. The Morgan fingerprint density at radius 1 is 0.919 bits per heavy atom. The third kappa shape index (κ3) is 7.01. The van der Waals surface area contributed by atoms with Crippen LogP contribution in [0, 0.1) is 0 Å². The van der Waals surface area contributed by atoms with Crippen molar-refractivity contribution in [3.63, 3.8) is 0 Å². The minimum atomic E-state index is -4.82. The summed E-state index contributed by atoms with van der Waals surface area (Å²) in [4.78, 5) is 26.9. The van der Waals surface area contributed by atoms with Crippen molar-refractivity contribution < 1.29 is 32.6 Å². The average Bonchev–Trinajstić information content (AvgIpc) is 2.84. The van der Waals surface area contributed by atoms with E-state index >= 15 is 0 Å². The molecule has 0 unspecified atom stereocenters. The van der Waals surface area contributed by atoms with Gasteiger partial charge in [0.1, 0.15) is 5.75 Å². The van der Waals surface area contributed by atoms with Crippen molar-refractivity contribution in [2.24, 2.45) is 0 Å². The number of amides is 3. The zero-order valence-corrected chi connectivity index (χ0v) is 21.0. The predicted molar refractivity (Wildman–Crippen MR) is 135 cm³/mol. The lowest BCUT2D eigenvalue weighted by Crippen LogP contribution is -2.46. The van der Waals surface area contributed by atoms with Crippen molar-refractivity contribution in [1.82, 2.24) is 4.90 Å². The van der Waals surface area contributed by atoms with Crippen LogP contribution in [0.1, 0.15) is 28.8 Å². The first kappa shape index (κ1) is 26.5. The Balaban J connectivity index is 1.32. The lowest BCUT2D eigenvalue weighted by Gasteiger charge is -2.38. The van der Waals surface area contributed by atoms with Crippen LogP contribution in [-0.4, -0.2) is 41.4 Å². The molecule has 0 aromatic heterocycles. The fraction of sp³-hybridized carbons (Fsp3) is 0.231. The number of nitrogens with zero attached hydrogens (tertiary/aromatic N) is 1. The van der Waals surface area contributed by atoms with E-state index in [0.29, 0.717) is 37.3 Å². The molecule has 1 fully saturated rings. The third-order valence-corrected chi connectivity index (χ3v) is 6.51. The molecular weight excluding hydrogens is 555 g/mol. The molecule has 1 heterocycles. The van der Waals surface area contributed by atoms with Gasteiger partial charge in [-0.05, 0) is 73.0 Å². The second-order valence-corrected chi connectivity index (χ2v) is 9.48. The standard InChI is InChI=1S/C26H23BrF3N3O4/c27-19-8-6-18(7-9-19)25(36)12-14-33(15-13-25)24(35)32-21-3-1-2-20(16-21)31-23(34)17-4-10-22(11-5-17)37-26(28,29)30/h1-11,16,36H,12-15H2,(H,31,34)(H,32,35). The minimum Gasteiger partial charge on any atom is -0.406 e. The average molecular weight is 578 g/mol. The lowest BCUT2D eigenvalue weighted by molar-refractivity contribution is -0.274. The van der Waals surface area contributed by atoms with Crippen molar-refractivity contribution in [3.8, 4) is 5.75 Å². The number of nitrogens with one attached hydrogen (secondary N) is 2. The maximum atomic E-state index is 12.8. The highest BCUT2D eigenvalue weighted by atomic mass is 79.9. The van der Waals surface area contributed by atoms with Gasteiger partial charge in [-0.15, -0.1) is 13.2 Å². The molecule has 0 radical (unpaired) electrons. The van der Waals surface area contributed by atoms with Gasteiger partial charge in [0.15, 0.2) is 0 Å². The van der Waals surface area contributed by atoms with Crippen molar-refractivity contribution >= 4 is 39.2 Å². The SMILES string of the molecule is O=C(Nc1cccc(NC(=O)N2CCC(O)(c3ccc(Br)cc3)CC2)c1)c1ccc(OC(F)(F)F)cc1. The number of piperidine rings is 1. The number of carbonyl (C=O) groups excluding carboxylic acids is 2. The van der Waals surface area contributed by atoms with E-state index in [0.717, 1.165) is 22.2 Å². The van der Waals surface area contributed by atoms with E-state index in [1.807, 2.05) is 24.3 Å². The molecule has 37 heavy (non-hydrogen) atoms. The van der Waals surface area contributed by atoms with E-state index < -0.39 is 23.6 Å². The molecule has 3 amide bonds. The van der Waals surface area contributed by atoms with Gasteiger partial charge in [-0.25, -0.2) is 4.79 Å². The van der Waals surface area contributed by atoms with Crippen LogP contribution < -0.4 is 15.4 Å². The Labute approximate surface area is 219 Å². The van der Waals surface area contributed by atoms with Crippen LogP contribution in [-0.2, 0) is 5.60 Å². The molecule has 3 aromatic rings. The summed E-state index contributed by atoms with van der Waals surface area (Å²) >= 11 is 3.38. The van der Waals surface area contributed by atoms with Crippen LogP contribution in [0.3, 0.4) is 0 Å². The number of alkyl halides is 3. The van der Waals surface area contributed by atoms with Gasteiger partial charge >= 0.3 is 12.4 Å². The van der Waals surface area contributed by atoms with Crippen LogP contribution >= 0.6 is 15.9 Å². The molecule has 1 aliphatic heterocycles. The summed E-state index contributed by atoms with van der Waals surface area (Å²) in [5.41, 5.74) is 0.781. The zero-order chi connectivity index (χ0) is 26.6. The third-order valence-electron chi connectivity index (χ3n) is 5.98. The first-order valence-corrected chi connectivity index (χ1v) is 12.1. The fourth-order valence-electron chi connectivity index (χ4n) is 4.02. The molecule has 0 spiro atoms. The van der Waals surface area contributed by atoms with Gasteiger partial charge in [-0.1, -0.05) is 34.1 Å². The predicted octanol–water partition coefficient (Wildman–Crippen LogP) is 6.12. The van der Waals surface area contributed by atoms with Crippen LogP contribution in [0.5, 0.6) is 5.75 Å².